The predicted molar refractivity (Wildman–Crippen MR) is 69.0 cm³/mol. The van der Waals surface area contributed by atoms with E-state index in [0.29, 0.717) is 17.6 Å². The average molecular weight is 297 g/mol. The summed E-state index contributed by atoms with van der Waals surface area (Å²) in [4.78, 5) is 4.38. The zero-order valence-electron chi connectivity index (χ0n) is 11.0. The molecule has 0 bridgehead atoms. The molecule has 1 aliphatic heterocycles. The number of hydrogen-bond donors (Lipinski definition) is 1. The third-order valence-corrected chi connectivity index (χ3v) is 3.49. The highest BCUT2D eigenvalue weighted by Gasteiger charge is 2.17. The van der Waals surface area contributed by atoms with E-state index in [1.807, 2.05) is 0 Å². The first-order chi connectivity index (χ1) is 9.31. The van der Waals surface area contributed by atoms with E-state index >= 15 is 0 Å². The van der Waals surface area contributed by atoms with Crippen LogP contribution in [0.2, 0.25) is 0 Å². The van der Waals surface area contributed by atoms with Gasteiger partial charge in [-0.25, -0.2) is 4.39 Å². The maximum absolute atomic E-state index is 12.8. The number of nitrogens with one attached hydrogen (secondary N) is 1. The molecular formula is C14H16ClFN3O-. The summed E-state index contributed by atoms with van der Waals surface area (Å²) in [7, 11) is 0. The first-order valence-electron chi connectivity index (χ1n) is 6.60. The topological polar surface area (TPSA) is 51.0 Å². The van der Waals surface area contributed by atoms with Crippen LogP contribution in [-0.4, -0.2) is 23.2 Å². The Morgan fingerprint density at radius 2 is 1.90 bits per heavy atom. The van der Waals surface area contributed by atoms with Crippen LogP contribution in [0.4, 0.5) is 4.39 Å². The van der Waals surface area contributed by atoms with Crippen molar-refractivity contribution in [1.82, 2.24) is 15.5 Å². The highest BCUT2D eigenvalue weighted by atomic mass is 35.5. The maximum atomic E-state index is 12.8. The summed E-state index contributed by atoms with van der Waals surface area (Å²) < 4.78 is 18.1. The van der Waals surface area contributed by atoms with Crippen molar-refractivity contribution < 1.29 is 21.3 Å². The minimum Gasteiger partial charge on any atom is -1.00 e. The second-order valence-corrected chi connectivity index (χ2v) is 4.92. The summed E-state index contributed by atoms with van der Waals surface area (Å²) >= 11 is 0. The lowest BCUT2D eigenvalue weighted by Gasteiger charge is -2.20. The molecule has 0 unspecified atom stereocenters. The predicted octanol–water partition coefficient (Wildman–Crippen LogP) is -0.578. The first kappa shape index (κ1) is 14.9. The number of benzene rings is 1. The molecule has 2 heterocycles. The maximum Gasteiger partial charge on any atom is 0.227 e. The first-order valence-corrected chi connectivity index (χ1v) is 6.60. The number of aromatic nitrogens is 2. The Kier molecular flexibility index (Phi) is 5.09. The number of piperidine rings is 1. The third-order valence-electron chi connectivity index (χ3n) is 3.49. The van der Waals surface area contributed by atoms with Crippen LogP contribution >= 0.6 is 0 Å². The van der Waals surface area contributed by atoms with E-state index in [2.05, 4.69) is 15.5 Å². The van der Waals surface area contributed by atoms with Crippen LogP contribution in [0.25, 0.3) is 11.4 Å². The number of nitrogens with zero attached hydrogens (tertiary/aromatic N) is 2. The molecule has 4 nitrogen and oxygen atoms in total. The molecule has 1 aromatic carbocycles. The van der Waals surface area contributed by atoms with E-state index in [0.717, 1.165) is 37.9 Å². The molecule has 1 aromatic heterocycles. The molecule has 0 atom stereocenters. The van der Waals surface area contributed by atoms with Crippen molar-refractivity contribution in [2.24, 2.45) is 5.92 Å². The van der Waals surface area contributed by atoms with Gasteiger partial charge < -0.3 is 22.2 Å². The van der Waals surface area contributed by atoms with E-state index in [1.165, 1.54) is 12.1 Å². The van der Waals surface area contributed by atoms with Crippen molar-refractivity contribution in [2.45, 2.75) is 19.3 Å². The summed E-state index contributed by atoms with van der Waals surface area (Å²) in [6.07, 6.45) is 3.12. The van der Waals surface area contributed by atoms with Gasteiger partial charge in [0, 0.05) is 12.0 Å². The minimum absolute atomic E-state index is 0. The molecule has 20 heavy (non-hydrogen) atoms. The molecule has 108 valence electrons. The molecule has 1 saturated heterocycles. The van der Waals surface area contributed by atoms with Crippen LogP contribution in [0.3, 0.4) is 0 Å². The largest absolute Gasteiger partial charge is 1.00 e. The fourth-order valence-corrected chi connectivity index (χ4v) is 2.39. The molecule has 0 spiro atoms. The molecule has 2 aromatic rings. The van der Waals surface area contributed by atoms with Crippen LogP contribution in [0.5, 0.6) is 0 Å². The molecule has 0 saturated carbocycles. The fourth-order valence-electron chi connectivity index (χ4n) is 2.39. The summed E-state index contributed by atoms with van der Waals surface area (Å²) in [5.74, 6) is 1.56. The van der Waals surface area contributed by atoms with Gasteiger partial charge in [-0.2, -0.15) is 4.98 Å². The summed E-state index contributed by atoms with van der Waals surface area (Å²) in [5, 5.41) is 7.29. The van der Waals surface area contributed by atoms with Gasteiger partial charge in [-0.1, -0.05) is 5.16 Å². The molecule has 3 rings (SSSR count). The van der Waals surface area contributed by atoms with Crippen molar-refractivity contribution in [2.75, 3.05) is 13.1 Å². The number of halogens is 2. The van der Waals surface area contributed by atoms with Crippen molar-refractivity contribution in [3.63, 3.8) is 0 Å². The zero-order valence-corrected chi connectivity index (χ0v) is 11.7. The fraction of sp³-hybridized carbons (Fsp3) is 0.429. The van der Waals surface area contributed by atoms with Gasteiger partial charge in [0.2, 0.25) is 11.7 Å². The summed E-state index contributed by atoms with van der Waals surface area (Å²) in [6.45, 7) is 2.12. The van der Waals surface area contributed by atoms with E-state index in [4.69, 9.17) is 4.52 Å². The Hall–Kier alpha value is -1.46. The SMILES string of the molecule is Fc1ccc(-c2noc(CC3CCNCC3)n2)cc1.[Cl-]. The molecule has 0 radical (unpaired) electrons. The van der Waals surface area contributed by atoms with Crippen molar-refractivity contribution in [1.29, 1.82) is 0 Å². The molecule has 1 fully saturated rings. The normalized spacial score (nSPS) is 15.8. The van der Waals surface area contributed by atoms with Gasteiger partial charge in [-0.15, -0.1) is 0 Å². The van der Waals surface area contributed by atoms with Crippen LogP contribution in [0.1, 0.15) is 18.7 Å². The lowest BCUT2D eigenvalue weighted by molar-refractivity contribution is -0.00000528. The van der Waals surface area contributed by atoms with Crippen molar-refractivity contribution >= 4 is 0 Å². The molecule has 0 aliphatic carbocycles. The summed E-state index contributed by atoms with van der Waals surface area (Å²) in [5.41, 5.74) is 0.779. The smallest absolute Gasteiger partial charge is 0.227 e. The second kappa shape index (κ2) is 6.81. The Balaban J connectivity index is 0.00000147. The zero-order chi connectivity index (χ0) is 13.1. The van der Waals surface area contributed by atoms with E-state index in [-0.39, 0.29) is 18.2 Å². The lowest BCUT2D eigenvalue weighted by Crippen LogP contribution is -3.00. The van der Waals surface area contributed by atoms with E-state index < -0.39 is 0 Å². The molecular weight excluding hydrogens is 281 g/mol. The molecule has 6 heteroatoms. The van der Waals surface area contributed by atoms with Gasteiger partial charge >= 0.3 is 0 Å². The van der Waals surface area contributed by atoms with E-state index in [9.17, 15) is 4.39 Å². The van der Waals surface area contributed by atoms with Gasteiger partial charge in [0.25, 0.3) is 0 Å². The molecule has 0 amide bonds. The number of hydrogen-bond acceptors (Lipinski definition) is 4. The Labute approximate surface area is 123 Å². The Morgan fingerprint density at radius 1 is 1.20 bits per heavy atom. The van der Waals surface area contributed by atoms with Crippen LogP contribution in [-0.2, 0) is 6.42 Å². The third kappa shape index (κ3) is 3.55. The van der Waals surface area contributed by atoms with Crippen molar-refractivity contribution in [3.05, 3.63) is 36.0 Å². The Bertz CT molecular complexity index is 538. The van der Waals surface area contributed by atoms with Gasteiger partial charge in [0.15, 0.2) is 0 Å². The van der Waals surface area contributed by atoms with Crippen LogP contribution < -0.4 is 17.7 Å². The van der Waals surface area contributed by atoms with E-state index in [1.54, 1.807) is 12.1 Å². The number of rotatable bonds is 3. The minimum atomic E-state index is -0.262. The lowest BCUT2D eigenvalue weighted by atomic mass is 9.95. The van der Waals surface area contributed by atoms with Gasteiger partial charge in [0.05, 0.1) is 0 Å². The highest BCUT2D eigenvalue weighted by molar-refractivity contribution is 5.53. The molecule has 1 aliphatic rings. The monoisotopic (exact) mass is 296 g/mol. The molecule has 1 N–H and O–H groups in total. The van der Waals surface area contributed by atoms with Crippen LogP contribution in [0.15, 0.2) is 28.8 Å². The van der Waals surface area contributed by atoms with Gasteiger partial charge in [-0.3, -0.25) is 0 Å². The van der Waals surface area contributed by atoms with Gasteiger partial charge in [0.1, 0.15) is 5.82 Å². The van der Waals surface area contributed by atoms with Gasteiger partial charge in [-0.05, 0) is 56.1 Å². The average Bonchev–Trinajstić information content (AvgIpc) is 2.89. The highest BCUT2D eigenvalue weighted by Crippen LogP contribution is 2.20. The van der Waals surface area contributed by atoms with Crippen LogP contribution in [0, 0.1) is 11.7 Å². The Morgan fingerprint density at radius 3 is 2.60 bits per heavy atom. The second-order valence-electron chi connectivity index (χ2n) is 4.92. The quantitative estimate of drug-likeness (QED) is 0.824. The van der Waals surface area contributed by atoms with Crippen molar-refractivity contribution in [3.8, 4) is 11.4 Å². The standard InChI is InChI=1S/C14H16FN3O.ClH/c15-12-3-1-11(2-4-12)14-17-13(19-18-14)9-10-5-7-16-8-6-10;/h1-4,10,16H,5-9H2;1H/p-1. The summed E-state index contributed by atoms with van der Waals surface area (Å²) in [6, 6.07) is 6.12.